The molecule has 0 bridgehead atoms. The molecule has 1 unspecified atom stereocenters. The van der Waals surface area contributed by atoms with E-state index < -0.39 is 0 Å². The molecule has 2 rings (SSSR count). The fraction of sp³-hybridized carbons (Fsp3) is 0.571. The molecule has 2 heterocycles. The first-order valence-electron chi connectivity index (χ1n) is 6.90. The maximum absolute atomic E-state index is 12.2. The van der Waals surface area contributed by atoms with Crippen molar-refractivity contribution in [3.63, 3.8) is 0 Å². The van der Waals surface area contributed by atoms with Gasteiger partial charge in [0.05, 0.1) is 18.4 Å². The van der Waals surface area contributed by atoms with E-state index in [1.165, 1.54) is 16.2 Å². The van der Waals surface area contributed by atoms with Crippen LogP contribution in [-0.2, 0) is 4.74 Å². The molecule has 1 aromatic rings. The lowest BCUT2D eigenvalue weighted by atomic mass is 10.2. The van der Waals surface area contributed by atoms with Crippen LogP contribution in [0.15, 0.2) is 0 Å². The highest BCUT2D eigenvalue weighted by Crippen LogP contribution is 2.39. The van der Waals surface area contributed by atoms with Crippen LogP contribution in [0.3, 0.4) is 0 Å². The number of amides is 1. The number of nitriles is 1. The van der Waals surface area contributed by atoms with Gasteiger partial charge in [-0.05, 0) is 6.42 Å². The summed E-state index contributed by atoms with van der Waals surface area (Å²) in [4.78, 5) is 16.2. The topological polar surface area (TPSA) is 82.6 Å². The van der Waals surface area contributed by atoms with Gasteiger partial charge in [-0.1, -0.05) is 6.92 Å². The SMILES string of the molecule is CCC1CN(c2sc(C(=O)N(C)C)c(N)c2C#N)CCO1. The van der Waals surface area contributed by atoms with Crippen LogP contribution in [-0.4, -0.2) is 50.7 Å². The Hall–Kier alpha value is -1.78. The minimum Gasteiger partial charge on any atom is -0.396 e. The van der Waals surface area contributed by atoms with Crippen molar-refractivity contribution in [2.45, 2.75) is 19.4 Å². The maximum atomic E-state index is 12.2. The van der Waals surface area contributed by atoms with Gasteiger partial charge in [0, 0.05) is 27.2 Å². The molecule has 1 aromatic heterocycles. The summed E-state index contributed by atoms with van der Waals surface area (Å²) in [6.07, 6.45) is 1.07. The smallest absolute Gasteiger partial charge is 0.265 e. The van der Waals surface area contributed by atoms with Crippen LogP contribution >= 0.6 is 11.3 Å². The van der Waals surface area contributed by atoms with Gasteiger partial charge in [0.15, 0.2) is 0 Å². The van der Waals surface area contributed by atoms with E-state index in [0.29, 0.717) is 23.6 Å². The van der Waals surface area contributed by atoms with Crippen molar-refractivity contribution in [3.8, 4) is 6.07 Å². The summed E-state index contributed by atoms with van der Waals surface area (Å²) in [7, 11) is 3.35. The van der Waals surface area contributed by atoms with E-state index in [1.807, 2.05) is 0 Å². The van der Waals surface area contributed by atoms with Gasteiger partial charge in [0.2, 0.25) is 0 Å². The van der Waals surface area contributed by atoms with Crippen molar-refractivity contribution in [1.82, 2.24) is 4.90 Å². The molecule has 0 spiro atoms. The van der Waals surface area contributed by atoms with Crippen LogP contribution in [0.25, 0.3) is 0 Å². The molecule has 0 aromatic carbocycles. The van der Waals surface area contributed by atoms with Crippen LogP contribution in [0.1, 0.15) is 28.6 Å². The minimum absolute atomic E-state index is 0.154. The van der Waals surface area contributed by atoms with E-state index in [1.54, 1.807) is 14.1 Å². The van der Waals surface area contributed by atoms with Crippen molar-refractivity contribution in [2.24, 2.45) is 0 Å². The molecule has 1 amide bonds. The summed E-state index contributed by atoms with van der Waals surface area (Å²) in [5.74, 6) is -0.166. The zero-order chi connectivity index (χ0) is 15.6. The Morgan fingerprint density at radius 3 is 2.90 bits per heavy atom. The normalized spacial score (nSPS) is 18.4. The molecule has 0 aliphatic carbocycles. The third kappa shape index (κ3) is 2.96. The average Bonchev–Trinajstić information content (AvgIpc) is 2.83. The second-order valence-corrected chi connectivity index (χ2v) is 6.18. The highest BCUT2D eigenvalue weighted by molar-refractivity contribution is 7.19. The third-order valence-electron chi connectivity index (χ3n) is 3.52. The van der Waals surface area contributed by atoms with Crippen molar-refractivity contribution in [3.05, 3.63) is 10.4 Å². The van der Waals surface area contributed by atoms with Crippen molar-refractivity contribution in [1.29, 1.82) is 5.26 Å². The highest BCUT2D eigenvalue weighted by Gasteiger charge is 2.28. The summed E-state index contributed by atoms with van der Waals surface area (Å²) in [5, 5.41) is 10.2. The fourth-order valence-electron chi connectivity index (χ4n) is 2.27. The molecule has 6 nitrogen and oxygen atoms in total. The lowest BCUT2D eigenvalue weighted by Gasteiger charge is -2.33. The second-order valence-electron chi connectivity index (χ2n) is 5.18. The quantitative estimate of drug-likeness (QED) is 0.915. The Morgan fingerprint density at radius 2 is 2.33 bits per heavy atom. The average molecular weight is 308 g/mol. The van der Waals surface area contributed by atoms with Crippen LogP contribution in [0.4, 0.5) is 10.7 Å². The molecule has 1 aliphatic heterocycles. The first-order chi connectivity index (χ1) is 9.99. The Kier molecular flexibility index (Phi) is 4.70. The summed E-state index contributed by atoms with van der Waals surface area (Å²) in [6, 6.07) is 2.14. The Bertz CT molecular complexity index is 576. The van der Waals surface area contributed by atoms with E-state index in [9.17, 15) is 10.1 Å². The predicted molar refractivity (Wildman–Crippen MR) is 83.7 cm³/mol. The monoisotopic (exact) mass is 308 g/mol. The van der Waals surface area contributed by atoms with Gasteiger partial charge in [-0.25, -0.2) is 0 Å². The molecule has 0 saturated carbocycles. The molecule has 1 aliphatic rings. The zero-order valence-electron chi connectivity index (χ0n) is 12.5. The number of rotatable bonds is 3. The van der Waals surface area contributed by atoms with E-state index >= 15 is 0 Å². The Balaban J connectivity index is 2.38. The summed E-state index contributed by atoms with van der Waals surface area (Å²) in [5.41, 5.74) is 6.70. The van der Waals surface area contributed by atoms with Crippen LogP contribution in [0, 0.1) is 11.3 Å². The first-order valence-corrected chi connectivity index (χ1v) is 7.71. The van der Waals surface area contributed by atoms with Gasteiger partial charge in [0.1, 0.15) is 21.5 Å². The van der Waals surface area contributed by atoms with Gasteiger partial charge >= 0.3 is 0 Å². The predicted octanol–water partition coefficient (Wildman–Crippen LogP) is 1.52. The van der Waals surface area contributed by atoms with Crippen molar-refractivity contribution in [2.75, 3.05) is 44.4 Å². The standard InChI is InChI=1S/C14H20N4O2S/c1-4-9-8-18(5-6-20-9)14-10(7-15)11(16)12(21-14)13(19)17(2)3/h9H,4-6,8,16H2,1-3H3. The van der Waals surface area contributed by atoms with Gasteiger partial charge in [-0.3, -0.25) is 4.79 Å². The van der Waals surface area contributed by atoms with Crippen LogP contribution < -0.4 is 10.6 Å². The molecular formula is C14H20N4O2S. The summed E-state index contributed by atoms with van der Waals surface area (Å²) in [6.45, 7) is 4.13. The van der Waals surface area contributed by atoms with E-state index in [-0.39, 0.29) is 17.7 Å². The minimum atomic E-state index is -0.166. The highest BCUT2D eigenvalue weighted by atomic mass is 32.1. The van der Waals surface area contributed by atoms with Gasteiger partial charge < -0.3 is 20.3 Å². The molecule has 114 valence electrons. The second kappa shape index (κ2) is 6.33. The lowest BCUT2D eigenvalue weighted by molar-refractivity contribution is 0.0386. The Morgan fingerprint density at radius 1 is 1.62 bits per heavy atom. The fourth-order valence-corrected chi connectivity index (χ4v) is 3.50. The summed E-state index contributed by atoms with van der Waals surface area (Å²) < 4.78 is 5.65. The zero-order valence-corrected chi connectivity index (χ0v) is 13.4. The lowest BCUT2D eigenvalue weighted by Crippen LogP contribution is -2.42. The number of thiophene rings is 1. The molecule has 7 heteroatoms. The molecule has 0 radical (unpaired) electrons. The van der Waals surface area contributed by atoms with Crippen molar-refractivity contribution < 1.29 is 9.53 Å². The Labute approximate surface area is 128 Å². The van der Waals surface area contributed by atoms with Crippen molar-refractivity contribution >= 4 is 27.9 Å². The number of carbonyl (C=O) groups excluding carboxylic acids is 1. The third-order valence-corrected chi connectivity index (χ3v) is 4.77. The molecule has 1 atom stereocenters. The van der Waals surface area contributed by atoms with E-state index in [4.69, 9.17) is 10.5 Å². The molecule has 21 heavy (non-hydrogen) atoms. The molecule has 1 fully saturated rings. The number of nitrogens with zero attached hydrogens (tertiary/aromatic N) is 3. The molecule has 1 saturated heterocycles. The summed E-state index contributed by atoms with van der Waals surface area (Å²) >= 11 is 1.30. The van der Waals surface area contributed by atoms with Gasteiger partial charge in [-0.15, -0.1) is 11.3 Å². The number of hydrogen-bond donors (Lipinski definition) is 1. The van der Waals surface area contributed by atoms with Gasteiger partial charge in [-0.2, -0.15) is 5.26 Å². The maximum Gasteiger partial charge on any atom is 0.265 e. The number of nitrogens with two attached hydrogens (primary N) is 1. The first kappa shape index (κ1) is 15.6. The number of hydrogen-bond acceptors (Lipinski definition) is 6. The van der Waals surface area contributed by atoms with Crippen LogP contribution in [0.5, 0.6) is 0 Å². The molecular weight excluding hydrogens is 288 g/mol. The number of ether oxygens (including phenoxy) is 1. The van der Waals surface area contributed by atoms with Gasteiger partial charge in [0.25, 0.3) is 5.91 Å². The van der Waals surface area contributed by atoms with Crippen LogP contribution in [0.2, 0.25) is 0 Å². The molecule has 2 N–H and O–H groups in total. The number of anilines is 2. The number of nitrogen functional groups attached to an aromatic ring is 1. The van der Waals surface area contributed by atoms with E-state index in [0.717, 1.165) is 18.0 Å². The number of carbonyl (C=O) groups is 1. The number of morpholine rings is 1. The largest absolute Gasteiger partial charge is 0.396 e. The van der Waals surface area contributed by atoms with E-state index in [2.05, 4.69) is 17.9 Å².